The Bertz CT molecular complexity index is 339. The molecule has 1 aromatic rings. The van der Waals surface area contributed by atoms with Gasteiger partial charge in [0.2, 0.25) is 0 Å². The first-order valence-corrected chi connectivity index (χ1v) is 5.18. The van der Waals surface area contributed by atoms with E-state index in [4.69, 9.17) is 4.74 Å². The van der Waals surface area contributed by atoms with Gasteiger partial charge in [0.15, 0.2) is 0 Å². The number of rotatable bonds is 2. The summed E-state index contributed by atoms with van der Waals surface area (Å²) in [5.41, 5.74) is 2.62. The molecule has 0 bridgehead atoms. The summed E-state index contributed by atoms with van der Waals surface area (Å²) in [7, 11) is 0. The molecule has 1 aromatic carbocycles. The molecule has 0 spiro atoms. The summed E-state index contributed by atoms with van der Waals surface area (Å²) in [5, 5.41) is 0. The third kappa shape index (κ3) is 1.88. The largest absolute Gasteiger partial charge is 0.371 e. The van der Waals surface area contributed by atoms with E-state index in [0.29, 0.717) is 6.10 Å². The highest BCUT2D eigenvalue weighted by Gasteiger charge is 2.17. The van der Waals surface area contributed by atoms with Crippen LogP contribution in [0.4, 0.5) is 0 Å². The highest BCUT2D eigenvalue weighted by Crippen LogP contribution is 2.31. The Morgan fingerprint density at radius 2 is 2.07 bits per heavy atom. The van der Waals surface area contributed by atoms with E-state index in [-0.39, 0.29) is 6.10 Å². The van der Waals surface area contributed by atoms with Gasteiger partial charge in [0.1, 0.15) is 0 Å². The van der Waals surface area contributed by atoms with Crippen molar-refractivity contribution >= 4 is 6.08 Å². The monoisotopic (exact) mass is 188 g/mol. The third-order valence-corrected chi connectivity index (χ3v) is 2.43. The molecule has 0 saturated carbocycles. The van der Waals surface area contributed by atoms with Gasteiger partial charge in [-0.1, -0.05) is 36.4 Å². The summed E-state index contributed by atoms with van der Waals surface area (Å²) in [6.45, 7) is 4.17. The van der Waals surface area contributed by atoms with Gasteiger partial charge in [-0.25, -0.2) is 0 Å². The first-order valence-electron chi connectivity index (χ1n) is 5.18. The standard InChI is InChI=1S/C13H16O/c1-10(2)14-13-9-5-7-11-6-3-4-8-12(11)13/h3-8,10,13H,9H2,1-2H3. The number of hydrogen-bond acceptors (Lipinski definition) is 1. The Morgan fingerprint density at radius 3 is 2.86 bits per heavy atom. The van der Waals surface area contributed by atoms with E-state index in [9.17, 15) is 0 Å². The summed E-state index contributed by atoms with van der Waals surface area (Å²) >= 11 is 0. The number of fused-ring (bicyclic) bond motifs is 1. The van der Waals surface area contributed by atoms with Gasteiger partial charge < -0.3 is 4.74 Å². The van der Waals surface area contributed by atoms with Gasteiger partial charge >= 0.3 is 0 Å². The third-order valence-electron chi connectivity index (χ3n) is 2.43. The fraction of sp³-hybridized carbons (Fsp3) is 0.385. The minimum Gasteiger partial charge on any atom is -0.371 e. The van der Waals surface area contributed by atoms with Gasteiger partial charge in [-0.2, -0.15) is 0 Å². The zero-order valence-electron chi connectivity index (χ0n) is 8.73. The van der Waals surface area contributed by atoms with Crippen LogP contribution in [0.15, 0.2) is 30.3 Å². The Balaban J connectivity index is 2.27. The molecule has 1 atom stereocenters. The smallest absolute Gasteiger partial charge is 0.0868 e. The normalized spacial score (nSPS) is 19.8. The van der Waals surface area contributed by atoms with Crippen molar-refractivity contribution in [3.05, 3.63) is 41.5 Å². The first kappa shape index (κ1) is 9.47. The van der Waals surface area contributed by atoms with Crippen LogP contribution < -0.4 is 0 Å². The van der Waals surface area contributed by atoms with Crippen LogP contribution in [-0.4, -0.2) is 6.10 Å². The number of ether oxygens (including phenoxy) is 1. The molecule has 1 aliphatic carbocycles. The van der Waals surface area contributed by atoms with E-state index in [2.05, 4.69) is 50.3 Å². The summed E-state index contributed by atoms with van der Waals surface area (Å²) < 4.78 is 5.87. The maximum absolute atomic E-state index is 5.87. The quantitative estimate of drug-likeness (QED) is 0.689. The topological polar surface area (TPSA) is 9.23 Å². The molecule has 74 valence electrons. The van der Waals surface area contributed by atoms with Crippen LogP contribution in [0.5, 0.6) is 0 Å². The van der Waals surface area contributed by atoms with Crippen LogP contribution in [0.2, 0.25) is 0 Å². The van der Waals surface area contributed by atoms with E-state index in [1.54, 1.807) is 0 Å². The summed E-state index contributed by atoms with van der Waals surface area (Å²) in [6.07, 6.45) is 5.90. The predicted octanol–water partition coefficient (Wildman–Crippen LogP) is 3.57. The Morgan fingerprint density at radius 1 is 1.29 bits per heavy atom. The Hall–Kier alpha value is -1.08. The summed E-state index contributed by atoms with van der Waals surface area (Å²) in [4.78, 5) is 0. The molecule has 1 heteroatoms. The molecule has 14 heavy (non-hydrogen) atoms. The molecular weight excluding hydrogens is 172 g/mol. The first-order chi connectivity index (χ1) is 6.77. The Labute approximate surface area is 85.4 Å². The van der Waals surface area contributed by atoms with Crippen molar-refractivity contribution in [2.24, 2.45) is 0 Å². The second-order valence-electron chi connectivity index (χ2n) is 3.94. The highest BCUT2D eigenvalue weighted by atomic mass is 16.5. The average Bonchev–Trinajstić information content (AvgIpc) is 2.18. The lowest BCUT2D eigenvalue weighted by molar-refractivity contribution is 0.00771. The Kier molecular flexibility index (Phi) is 2.69. The molecular formula is C13H16O. The van der Waals surface area contributed by atoms with E-state index in [1.807, 2.05) is 0 Å². The maximum atomic E-state index is 5.87. The van der Waals surface area contributed by atoms with Crippen molar-refractivity contribution in [3.63, 3.8) is 0 Å². The lowest BCUT2D eigenvalue weighted by Crippen LogP contribution is -2.12. The van der Waals surface area contributed by atoms with Crippen molar-refractivity contribution in [1.29, 1.82) is 0 Å². The SMILES string of the molecule is CC(C)OC1CC=Cc2ccccc21. The molecule has 0 N–H and O–H groups in total. The zero-order chi connectivity index (χ0) is 9.97. The fourth-order valence-electron chi connectivity index (χ4n) is 1.86. The lowest BCUT2D eigenvalue weighted by Gasteiger charge is -2.24. The van der Waals surface area contributed by atoms with E-state index in [1.165, 1.54) is 11.1 Å². The van der Waals surface area contributed by atoms with Gasteiger partial charge in [-0.05, 0) is 31.4 Å². The second-order valence-corrected chi connectivity index (χ2v) is 3.94. The van der Waals surface area contributed by atoms with Crippen LogP contribution in [0, 0.1) is 0 Å². The van der Waals surface area contributed by atoms with Gasteiger partial charge in [0.05, 0.1) is 12.2 Å². The summed E-state index contributed by atoms with van der Waals surface area (Å²) in [5.74, 6) is 0. The highest BCUT2D eigenvalue weighted by molar-refractivity contribution is 5.56. The molecule has 0 aliphatic heterocycles. The van der Waals surface area contributed by atoms with Crippen molar-refractivity contribution in [2.75, 3.05) is 0 Å². The van der Waals surface area contributed by atoms with E-state index < -0.39 is 0 Å². The van der Waals surface area contributed by atoms with Crippen molar-refractivity contribution < 1.29 is 4.74 Å². The minimum atomic E-state index is 0.246. The lowest BCUT2D eigenvalue weighted by atomic mass is 9.95. The zero-order valence-corrected chi connectivity index (χ0v) is 8.73. The average molecular weight is 188 g/mol. The van der Waals surface area contributed by atoms with Gasteiger partial charge in [0, 0.05) is 0 Å². The van der Waals surface area contributed by atoms with Crippen molar-refractivity contribution in [3.8, 4) is 0 Å². The molecule has 0 heterocycles. The van der Waals surface area contributed by atoms with Gasteiger partial charge in [-0.15, -0.1) is 0 Å². The molecule has 0 fully saturated rings. The molecule has 0 saturated heterocycles. The van der Waals surface area contributed by atoms with Crippen LogP contribution in [0.1, 0.15) is 37.5 Å². The van der Waals surface area contributed by atoms with Crippen molar-refractivity contribution in [2.45, 2.75) is 32.5 Å². The maximum Gasteiger partial charge on any atom is 0.0868 e. The molecule has 1 aliphatic rings. The number of hydrogen-bond donors (Lipinski definition) is 0. The van der Waals surface area contributed by atoms with E-state index in [0.717, 1.165) is 6.42 Å². The van der Waals surface area contributed by atoms with Crippen LogP contribution in [0.25, 0.3) is 6.08 Å². The summed E-state index contributed by atoms with van der Waals surface area (Å²) in [6, 6.07) is 8.45. The van der Waals surface area contributed by atoms with Gasteiger partial charge in [0.25, 0.3) is 0 Å². The van der Waals surface area contributed by atoms with Crippen LogP contribution in [-0.2, 0) is 4.74 Å². The second kappa shape index (κ2) is 3.97. The predicted molar refractivity (Wildman–Crippen MR) is 59.1 cm³/mol. The minimum absolute atomic E-state index is 0.246. The molecule has 0 aromatic heterocycles. The molecule has 1 nitrogen and oxygen atoms in total. The number of benzene rings is 1. The van der Waals surface area contributed by atoms with Gasteiger partial charge in [-0.3, -0.25) is 0 Å². The molecule has 0 amide bonds. The van der Waals surface area contributed by atoms with E-state index >= 15 is 0 Å². The fourth-order valence-corrected chi connectivity index (χ4v) is 1.86. The molecule has 2 rings (SSSR count). The van der Waals surface area contributed by atoms with Crippen molar-refractivity contribution in [1.82, 2.24) is 0 Å². The van der Waals surface area contributed by atoms with Crippen LogP contribution >= 0.6 is 0 Å². The molecule has 0 radical (unpaired) electrons. The van der Waals surface area contributed by atoms with Crippen LogP contribution in [0.3, 0.4) is 0 Å². The molecule has 1 unspecified atom stereocenters.